The number of halogens is 1. The molecule has 0 N–H and O–H groups in total. The molecule has 35 heavy (non-hydrogen) atoms. The molecule has 0 aromatic heterocycles. The Morgan fingerprint density at radius 3 is 2.46 bits per heavy atom. The van der Waals surface area contributed by atoms with Gasteiger partial charge in [-0.15, -0.1) is 0 Å². The Morgan fingerprint density at radius 1 is 0.943 bits per heavy atom. The van der Waals surface area contributed by atoms with Crippen LogP contribution in [-0.2, 0) is 6.54 Å². The van der Waals surface area contributed by atoms with Crippen molar-refractivity contribution < 1.29 is 9.13 Å². The van der Waals surface area contributed by atoms with E-state index in [0.717, 1.165) is 49.4 Å². The van der Waals surface area contributed by atoms with E-state index >= 15 is 0 Å². The summed E-state index contributed by atoms with van der Waals surface area (Å²) in [6.07, 6.45) is 6.75. The van der Waals surface area contributed by atoms with E-state index in [0.29, 0.717) is 17.6 Å². The minimum absolute atomic E-state index is 0.145. The van der Waals surface area contributed by atoms with E-state index in [1.54, 1.807) is 6.07 Å². The average molecular weight is 471 g/mol. The first-order valence-electron chi connectivity index (χ1n) is 12.7. The van der Waals surface area contributed by atoms with Crippen LogP contribution in [0.1, 0.15) is 36.8 Å². The molecule has 1 fully saturated rings. The van der Waals surface area contributed by atoms with Gasteiger partial charge in [-0.1, -0.05) is 60.7 Å². The van der Waals surface area contributed by atoms with E-state index in [2.05, 4.69) is 60.3 Å². The van der Waals surface area contributed by atoms with Crippen molar-refractivity contribution in [1.29, 1.82) is 0 Å². The highest BCUT2D eigenvalue weighted by Gasteiger charge is 2.36. The van der Waals surface area contributed by atoms with Gasteiger partial charge in [-0.05, 0) is 80.2 Å². The minimum atomic E-state index is -0.145. The van der Waals surface area contributed by atoms with Gasteiger partial charge in [0.25, 0.3) is 0 Å². The Balaban J connectivity index is 1.23. The molecule has 2 aliphatic rings. The second kappa shape index (κ2) is 10.8. The minimum Gasteiger partial charge on any atom is -0.494 e. The Labute approximate surface area is 208 Å². The third kappa shape index (κ3) is 5.66. The number of ether oxygens (including phenoxy) is 1. The molecule has 2 unspecified atom stereocenters. The molecular formula is C31H35FN2O. The standard InChI is InChI=1S/C31H35FN2O/c1-33(2)17-6-18-35-29-14-9-23(10-15-29)22-34-27-12-13-28(34)20-26(19-27)25-11-16-30(31(32)21-25)24-7-4-3-5-8-24/h3-5,7-11,14-16,19,21,27-28H,6,12-13,17-18,20,22H2,1-2H3. The van der Waals surface area contributed by atoms with Crippen LogP contribution in [0, 0.1) is 5.82 Å². The maximum Gasteiger partial charge on any atom is 0.131 e. The van der Waals surface area contributed by atoms with Crippen LogP contribution in [0.2, 0.25) is 0 Å². The largest absolute Gasteiger partial charge is 0.494 e. The molecule has 182 valence electrons. The molecule has 2 bridgehead atoms. The highest BCUT2D eigenvalue weighted by atomic mass is 19.1. The van der Waals surface area contributed by atoms with Crippen molar-refractivity contribution in [2.45, 2.75) is 44.3 Å². The van der Waals surface area contributed by atoms with E-state index in [-0.39, 0.29) is 5.82 Å². The van der Waals surface area contributed by atoms with Crippen LogP contribution in [-0.4, -0.2) is 49.1 Å². The van der Waals surface area contributed by atoms with Gasteiger partial charge in [0.2, 0.25) is 0 Å². The van der Waals surface area contributed by atoms with Crippen LogP contribution in [0.3, 0.4) is 0 Å². The first-order valence-corrected chi connectivity index (χ1v) is 12.7. The summed E-state index contributed by atoms with van der Waals surface area (Å²) in [7, 11) is 4.17. The Hall–Kier alpha value is -2.95. The number of hydrogen-bond acceptors (Lipinski definition) is 3. The van der Waals surface area contributed by atoms with Gasteiger partial charge >= 0.3 is 0 Å². The first-order chi connectivity index (χ1) is 17.1. The molecule has 4 heteroatoms. The molecule has 3 aromatic rings. The van der Waals surface area contributed by atoms with E-state index < -0.39 is 0 Å². The maximum absolute atomic E-state index is 15.0. The zero-order valence-corrected chi connectivity index (χ0v) is 20.8. The molecule has 5 rings (SSSR count). The highest BCUT2D eigenvalue weighted by Crippen LogP contribution is 2.40. The van der Waals surface area contributed by atoms with Gasteiger partial charge in [-0.2, -0.15) is 0 Å². The lowest BCUT2D eigenvalue weighted by molar-refractivity contribution is 0.203. The van der Waals surface area contributed by atoms with Crippen molar-refractivity contribution in [1.82, 2.24) is 9.80 Å². The fraction of sp³-hybridized carbons (Fsp3) is 0.355. The number of hydrogen-bond donors (Lipinski definition) is 0. The van der Waals surface area contributed by atoms with Gasteiger partial charge in [-0.3, -0.25) is 4.90 Å². The third-order valence-corrected chi connectivity index (χ3v) is 7.27. The predicted molar refractivity (Wildman–Crippen MR) is 142 cm³/mol. The second-order valence-corrected chi connectivity index (χ2v) is 10.1. The molecule has 0 amide bonds. The summed E-state index contributed by atoms with van der Waals surface area (Å²) in [6.45, 7) is 2.73. The molecule has 2 heterocycles. The molecule has 0 aliphatic carbocycles. The van der Waals surface area contributed by atoms with Crippen molar-refractivity contribution >= 4 is 5.57 Å². The third-order valence-electron chi connectivity index (χ3n) is 7.27. The molecule has 2 atom stereocenters. The van der Waals surface area contributed by atoms with Crippen molar-refractivity contribution in [2.75, 3.05) is 27.2 Å². The summed E-state index contributed by atoms with van der Waals surface area (Å²) < 4.78 is 20.9. The van der Waals surface area contributed by atoms with E-state index in [4.69, 9.17) is 4.74 Å². The quantitative estimate of drug-likeness (QED) is 0.326. The van der Waals surface area contributed by atoms with Crippen LogP contribution in [0.4, 0.5) is 4.39 Å². The van der Waals surface area contributed by atoms with Gasteiger partial charge in [0.05, 0.1) is 6.61 Å². The topological polar surface area (TPSA) is 15.7 Å². The molecule has 0 spiro atoms. The predicted octanol–water partition coefficient (Wildman–Crippen LogP) is 6.64. The zero-order chi connectivity index (χ0) is 24.2. The zero-order valence-electron chi connectivity index (χ0n) is 20.8. The fourth-order valence-electron chi connectivity index (χ4n) is 5.42. The SMILES string of the molecule is CN(C)CCCOc1ccc(CN2C3C=C(c4ccc(-c5ccccc5)c(F)c4)CC2CC3)cc1. The Bertz CT molecular complexity index is 1160. The number of nitrogens with zero attached hydrogens (tertiary/aromatic N) is 2. The van der Waals surface area contributed by atoms with E-state index in [1.807, 2.05) is 36.4 Å². The lowest BCUT2D eigenvalue weighted by Crippen LogP contribution is -2.37. The van der Waals surface area contributed by atoms with Gasteiger partial charge in [0.1, 0.15) is 11.6 Å². The Kier molecular flexibility index (Phi) is 7.31. The van der Waals surface area contributed by atoms with Gasteiger partial charge < -0.3 is 9.64 Å². The maximum atomic E-state index is 15.0. The fourth-order valence-corrected chi connectivity index (χ4v) is 5.42. The first kappa shape index (κ1) is 23.8. The van der Waals surface area contributed by atoms with Crippen molar-refractivity contribution in [3.63, 3.8) is 0 Å². The van der Waals surface area contributed by atoms with Gasteiger partial charge in [-0.25, -0.2) is 4.39 Å². The van der Waals surface area contributed by atoms with E-state index in [1.165, 1.54) is 24.0 Å². The van der Waals surface area contributed by atoms with Crippen LogP contribution < -0.4 is 4.74 Å². The molecule has 2 aliphatic heterocycles. The summed E-state index contributed by atoms with van der Waals surface area (Å²) in [5.74, 6) is 0.797. The highest BCUT2D eigenvalue weighted by molar-refractivity contribution is 5.72. The smallest absolute Gasteiger partial charge is 0.131 e. The summed E-state index contributed by atoms with van der Waals surface area (Å²) in [5.41, 5.74) is 5.21. The molecule has 3 nitrogen and oxygen atoms in total. The molecule has 1 saturated heterocycles. The molecule has 0 saturated carbocycles. The normalized spacial score (nSPS) is 19.7. The van der Waals surface area contributed by atoms with Crippen molar-refractivity contribution in [2.24, 2.45) is 0 Å². The van der Waals surface area contributed by atoms with Gasteiger partial charge in [0, 0.05) is 30.7 Å². The Morgan fingerprint density at radius 2 is 1.74 bits per heavy atom. The van der Waals surface area contributed by atoms with Crippen LogP contribution >= 0.6 is 0 Å². The van der Waals surface area contributed by atoms with E-state index in [9.17, 15) is 4.39 Å². The summed E-state index contributed by atoms with van der Waals surface area (Å²) in [4.78, 5) is 4.79. The lowest BCUT2D eigenvalue weighted by Gasteiger charge is -2.34. The number of benzene rings is 3. The number of fused-ring (bicyclic) bond motifs is 2. The summed E-state index contributed by atoms with van der Waals surface area (Å²) in [5, 5.41) is 0. The second-order valence-electron chi connectivity index (χ2n) is 10.1. The molecule has 3 aromatic carbocycles. The average Bonchev–Trinajstić information content (AvgIpc) is 3.09. The monoisotopic (exact) mass is 470 g/mol. The summed E-state index contributed by atoms with van der Waals surface area (Å²) >= 11 is 0. The summed E-state index contributed by atoms with van der Waals surface area (Å²) in [6, 6.07) is 25.0. The lowest BCUT2D eigenvalue weighted by atomic mass is 9.92. The molecule has 0 radical (unpaired) electrons. The molecular weight excluding hydrogens is 435 g/mol. The van der Waals surface area contributed by atoms with Crippen LogP contribution in [0.5, 0.6) is 5.75 Å². The van der Waals surface area contributed by atoms with Crippen molar-refractivity contribution in [3.05, 3.63) is 95.8 Å². The van der Waals surface area contributed by atoms with Gasteiger partial charge in [0.15, 0.2) is 0 Å². The van der Waals surface area contributed by atoms with Crippen LogP contribution in [0.25, 0.3) is 16.7 Å². The van der Waals surface area contributed by atoms with Crippen molar-refractivity contribution in [3.8, 4) is 16.9 Å². The number of rotatable bonds is 9. The van der Waals surface area contributed by atoms with Crippen LogP contribution in [0.15, 0.2) is 78.9 Å².